The van der Waals surface area contributed by atoms with Gasteiger partial charge >= 0.3 is 0 Å². The highest BCUT2D eigenvalue weighted by atomic mass is 32.2. The largest absolute Gasteiger partial charge is 0.338 e. The van der Waals surface area contributed by atoms with Crippen molar-refractivity contribution >= 4 is 21.6 Å². The topological polar surface area (TPSA) is 60.9 Å². The Balaban J connectivity index is 2.33. The molecule has 1 fully saturated rings. The van der Waals surface area contributed by atoms with E-state index in [4.69, 9.17) is 0 Å². The molecule has 1 saturated heterocycles. The minimum Gasteiger partial charge on any atom is -0.338 e. The zero-order valence-corrected chi connectivity index (χ0v) is 17.3. The quantitative estimate of drug-likeness (QED) is 0.756. The van der Waals surface area contributed by atoms with Crippen LogP contribution in [0.5, 0.6) is 0 Å². The van der Waals surface area contributed by atoms with Crippen LogP contribution in [-0.4, -0.2) is 69.1 Å². The van der Waals surface area contributed by atoms with Gasteiger partial charge in [0.1, 0.15) is 6.04 Å². The predicted molar refractivity (Wildman–Crippen MR) is 106 cm³/mol. The summed E-state index contributed by atoms with van der Waals surface area (Å²) in [6.45, 7) is 11.8. The molecule has 7 heteroatoms. The number of benzene rings is 1. The Morgan fingerprint density at radius 3 is 2.19 bits per heavy atom. The molecule has 1 aromatic carbocycles. The van der Waals surface area contributed by atoms with Crippen LogP contribution >= 0.6 is 0 Å². The number of piperazine rings is 1. The number of anilines is 1. The lowest BCUT2D eigenvalue weighted by atomic mass is 10.1. The lowest BCUT2D eigenvalue weighted by Gasteiger charge is -2.38. The summed E-state index contributed by atoms with van der Waals surface area (Å²) in [6.07, 6.45) is 1.61. The molecule has 1 aliphatic rings. The van der Waals surface area contributed by atoms with Gasteiger partial charge in [0.25, 0.3) is 0 Å². The normalized spacial score (nSPS) is 17.2. The molecule has 0 spiro atoms. The van der Waals surface area contributed by atoms with Gasteiger partial charge in [-0.25, -0.2) is 8.42 Å². The van der Waals surface area contributed by atoms with Crippen molar-refractivity contribution in [3.8, 4) is 0 Å². The number of sulfonamides is 1. The van der Waals surface area contributed by atoms with E-state index in [0.29, 0.717) is 25.2 Å². The highest BCUT2D eigenvalue weighted by molar-refractivity contribution is 7.92. The van der Waals surface area contributed by atoms with E-state index >= 15 is 0 Å². The first kappa shape index (κ1) is 20.7. The van der Waals surface area contributed by atoms with E-state index in [-0.39, 0.29) is 5.91 Å². The van der Waals surface area contributed by atoms with Crippen molar-refractivity contribution in [2.24, 2.45) is 0 Å². The van der Waals surface area contributed by atoms with Gasteiger partial charge in [0, 0.05) is 26.2 Å². The SMILES string of the molecule is CCC(C(=O)N1CCN(CC)CC1)N(c1ccc(C)c(C)c1)S(C)(=O)=O. The Labute approximate surface area is 157 Å². The number of nitrogens with zero attached hydrogens (tertiary/aromatic N) is 3. The van der Waals surface area contributed by atoms with Crippen LogP contribution in [0.4, 0.5) is 5.69 Å². The number of hydrogen-bond acceptors (Lipinski definition) is 4. The van der Waals surface area contributed by atoms with E-state index < -0.39 is 16.1 Å². The zero-order chi connectivity index (χ0) is 19.5. The van der Waals surface area contributed by atoms with E-state index in [1.165, 1.54) is 10.6 Å². The summed E-state index contributed by atoms with van der Waals surface area (Å²) < 4.78 is 26.4. The van der Waals surface area contributed by atoms with Gasteiger partial charge in [0.2, 0.25) is 15.9 Å². The minimum absolute atomic E-state index is 0.105. The summed E-state index contributed by atoms with van der Waals surface area (Å²) in [5, 5.41) is 0. The van der Waals surface area contributed by atoms with Crippen LogP contribution < -0.4 is 4.31 Å². The molecular formula is C19H31N3O3S. The van der Waals surface area contributed by atoms with Gasteiger partial charge in [-0.2, -0.15) is 0 Å². The maximum atomic E-state index is 13.1. The molecule has 1 amide bonds. The molecule has 1 unspecified atom stereocenters. The molecule has 0 aromatic heterocycles. The number of aryl methyl sites for hydroxylation is 2. The third-order valence-corrected chi connectivity index (χ3v) is 6.37. The van der Waals surface area contributed by atoms with Crippen molar-refractivity contribution in [1.82, 2.24) is 9.80 Å². The van der Waals surface area contributed by atoms with E-state index in [0.717, 1.165) is 30.8 Å². The van der Waals surface area contributed by atoms with E-state index in [2.05, 4.69) is 11.8 Å². The standard InChI is InChI=1S/C19H31N3O3S/c1-6-18(19(23)21-12-10-20(7-2)11-13-21)22(26(5,24)25)17-9-8-15(3)16(4)14-17/h8-9,14,18H,6-7,10-13H2,1-5H3. The molecule has 0 radical (unpaired) electrons. The number of rotatable bonds is 6. The first-order valence-corrected chi connectivity index (χ1v) is 11.1. The Hall–Kier alpha value is -1.60. The van der Waals surface area contributed by atoms with Gasteiger partial charge in [-0.05, 0) is 50.1 Å². The summed E-state index contributed by atoms with van der Waals surface area (Å²) in [5.74, 6) is -0.105. The van der Waals surface area contributed by atoms with Crippen LogP contribution in [0.15, 0.2) is 18.2 Å². The molecule has 26 heavy (non-hydrogen) atoms. The number of likely N-dealkylation sites (N-methyl/N-ethyl adjacent to an activating group) is 1. The van der Waals surface area contributed by atoms with Crippen LogP contribution in [0.1, 0.15) is 31.4 Å². The van der Waals surface area contributed by atoms with E-state index in [1.54, 1.807) is 11.0 Å². The monoisotopic (exact) mass is 381 g/mol. The van der Waals surface area contributed by atoms with Crippen molar-refractivity contribution in [2.75, 3.05) is 43.3 Å². The third kappa shape index (κ3) is 4.57. The summed E-state index contributed by atoms with van der Waals surface area (Å²) in [5.41, 5.74) is 2.66. The molecule has 1 atom stereocenters. The molecule has 0 saturated carbocycles. The Morgan fingerprint density at radius 2 is 1.73 bits per heavy atom. The average molecular weight is 382 g/mol. The second-order valence-corrected chi connectivity index (χ2v) is 8.87. The maximum Gasteiger partial charge on any atom is 0.246 e. The van der Waals surface area contributed by atoms with Crippen LogP contribution in [0, 0.1) is 13.8 Å². The average Bonchev–Trinajstić information content (AvgIpc) is 2.60. The van der Waals surface area contributed by atoms with Gasteiger partial charge in [-0.15, -0.1) is 0 Å². The van der Waals surface area contributed by atoms with Gasteiger partial charge in [0.05, 0.1) is 11.9 Å². The van der Waals surface area contributed by atoms with Crippen molar-refractivity contribution in [1.29, 1.82) is 0 Å². The fourth-order valence-corrected chi connectivity index (χ4v) is 4.60. The molecule has 0 bridgehead atoms. The third-order valence-electron chi connectivity index (χ3n) is 5.19. The van der Waals surface area contributed by atoms with Gasteiger partial charge in [0.15, 0.2) is 0 Å². The van der Waals surface area contributed by atoms with Crippen LogP contribution in [0.3, 0.4) is 0 Å². The van der Waals surface area contributed by atoms with Crippen molar-refractivity contribution in [3.05, 3.63) is 29.3 Å². The Morgan fingerprint density at radius 1 is 1.12 bits per heavy atom. The molecule has 0 aliphatic carbocycles. The molecule has 1 heterocycles. The first-order chi connectivity index (χ1) is 12.2. The zero-order valence-electron chi connectivity index (χ0n) is 16.5. The number of carbonyl (C=O) groups is 1. The number of amides is 1. The molecule has 2 rings (SSSR count). The Kier molecular flexibility index (Phi) is 6.69. The first-order valence-electron chi connectivity index (χ1n) is 9.26. The second-order valence-electron chi connectivity index (χ2n) is 7.01. The lowest BCUT2D eigenvalue weighted by Crippen LogP contribution is -2.55. The summed E-state index contributed by atoms with van der Waals surface area (Å²) >= 11 is 0. The number of carbonyl (C=O) groups excluding carboxylic acids is 1. The van der Waals surface area contributed by atoms with Crippen molar-refractivity contribution in [2.45, 2.75) is 40.2 Å². The van der Waals surface area contributed by atoms with Crippen molar-refractivity contribution < 1.29 is 13.2 Å². The predicted octanol–water partition coefficient (Wildman–Crippen LogP) is 2.01. The fourth-order valence-electron chi connectivity index (χ4n) is 3.40. The van der Waals surface area contributed by atoms with Crippen LogP contribution in [0.25, 0.3) is 0 Å². The van der Waals surface area contributed by atoms with Crippen LogP contribution in [0.2, 0.25) is 0 Å². The van der Waals surface area contributed by atoms with Gasteiger partial charge < -0.3 is 9.80 Å². The molecule has 1 aliphatic heterocycles. The maximum absolute atomic E-state index is 13.1. The smallest absolute Gasteiger partial charge is 0.246 e. The highest BCUT2D eigenvalue weighted by Gasteiger charge is 2.35. The van der Waals surface area contributed by atoms with E-state index in [1.807, 2.05) is 32.9 Å². The molecule has 6 nitrogen and oxygen atoms in total. The second kappa shape index (κ2) is 8.39. The summed E-state index contributed by atoms with van der Waals surface area (Å²) in [7, 11) is -3.58. The molecule has 146 valence electrons. The summed E-state index contributed by atoms with van der Waals surface area (Å²) in [6, 6.07) is 4.83. The van der Waals surface area contributed by atoms with Gasteiger partial charge in [-0.3, -0.25) is 9.10 Å². The Bertz CT molecular complexity index is 740. The van der Waals surface area contributed by atoms with Gasteiger partial charge in [-0.1, -0.05) is 19.9 Å². The van der Waals surface area contributed by atoms with E-state index in [9.17, 15) is 13.2 Å². The summed E-state index contributed by atoms with van der Waals surface area (Å²) in [4.78, 5) is 17.2. The molecule has 1 aromatic rings. The lowest BCUT2D eigenvalue weighted by molar-refractivity contribution is -0.134. The van der Waals surface area contributed by atoms with Crippen molar-refractivity contribution in [3.63, 3.8) is 0 Å². The highest BCUT2D eigenvalue weighted by Crippen LogP contribution is 2.26. The van der Waals surface area contributed by atoms with Crippen LogP contribution in [-0.2, 0) is 14.8 Å². The fraction of sp³-hybridized carbons (Fsp3) is 0.632. The number of hydrogen-bond donors (Lipinski definition) is 0. The molecule has 0 N–H and O–H groups in total. The minimum atomic E-state index is -3.58. The molecular weight excluding hydrogens is 350 g/mol.